The second kappa shape index (κ2) is 6.03. The van der Waals surface area contributed by atoms with Gasteiger partial charge in [-0.2, -0.15) is 0 Å². The van der Waals surface area contributed by atoms with Crippen LogP contribution in [-0.4, -0.2) is 30.8 Å². The summed E-state index contributed by atoms with van der Waals surface area (Å²) in [5, 5.41) is 3.39. The van der Waals surface area contributed by atoms with Gasteiger partial charge in [0.25, 0.3) is 0 Å². The van der Waals surface area contributed by atoms with Crippen molar-refractivity contribution in [1.29, 1.82) is 0 Å². The Hall–Kier alpha value is -0.320. The van der Waals surface area contributed by atoms with Crippen LogP contribution in [0, 0.1) is 5.41 Å². The van der Waals surface area contributed by atoms with Gasteiger partial charge in [-0.25, -0.2) is 4.40 Å². The molecule has 0 saturated carbocycles. The molecular formula is C13H24N2OS. The lowest BCUT2D eigenvalue weighted by molar-refractivity contribution is 0.128. The molecule has 3 nitrogen and oxygen atoms in total. The number of methoxy groups -OCH3 is 1. The number of hydrogen-bond acceptors (Lipinski definition) is 4. The van der Waals surface area contributed by atoms with Crippen LogP contribution in [0.3, 0.4) is 0 Å². The average molecular weight is 256 g/mol. The molecule has 0 aromatic carbocycles. The normalized spacial score (nSPS) is 24.1. The van der Waals surface area contributed by atoms with E-state index >= 15 is 0 Å². The monoisotopic (exact) mass is 256 g/mol. The lowest BCUT2D eigenvalue weighted by Crippen LogP contribution is -2.39. The molecule has 0 aliphatic carbocycles. The average Bonchev–Trinajstić information content (AvgIpc) is 2.36. The number of nitrogens with zero attached hydrogens (tertiary/aromatic N) is 1. The van der Waals surface area contributed by atoms with E-state index < -0.39 is 4.93 Å². The lowest BCUT2D eigenvalue weighted by Gasteiger charge is -2.34. The fourth-order valence-electron chi connectivity index (χ4n) is 1.77. The van der Waals surface area contributed by atoms with Crippen LogP contribution in [0.1, 0.15) is 33.6 Å². The molecule has 1 fully saturated rings. The molecule has 4 heteroatoms. The molecule has 17 heavy (non-hydrogen) atoms. The number of nitrogens with one attached hydrogen (secondary N) is 1. The highest BCUT2D eigenvalue weighted by Gasteiger charge is 2.30. The lowest BCUT2D eigenvalue weighted by atomic mass is 9.77. The Morgan fingerprint density at radius 1 is 1.53 bits per heavy atom. The molecule has 1 heterocycles. The highest BCUT2D eigenvalue weighted by Crippen LogP contribution is 2.34. The Kier molecular flexibility index (Phi) is 5.22. The van der Waals surface area contributed by atoms with Crippen molar-refractivity contribution in [3.8, 4) is 0 Å². The second-order valence-electron chi connectivity index (χ2n) is 5.00. The molecule has 0 aromatic rings. The minimum absolute atomic E-state index is 0.230. The minimum atomic E-state index is -0.426. The molecule has 1 rings (SSSR count). The van der Waals surface area contributed by atoms with Crippen molar-refractivity contribution in [2.45, 2.75) is 38.5 Å². The summed E-state index contributed by atoms with van der Waals surface area (Å²) in [7, 11) is 1.69. The van der Waals surface area contributed by atoms with Crippen molar-refractivity contribution < 1.29 is 4.74 Å². The van der Waals surface area contributed by atoms with Crippen molar-refractivity contribution in [3.63, 3.8) is 0 Å². The molecule has 0 bridgehead atoms. The van der Waals surface area contributed by atoms with Gasteiger partial charge in [-0.15, -0.1) is 0 Å². The van der Waals surface area contributed by atoms with Crippen LogP contribution in [0.4, 0.5) is 0 Å². The molecule has 1 N–H and O–H groups in total. The third-order valence-electron chi connectivity index (χ3n) is 3.72. The summed E-state index contributed by atoms with van der Waals surface area (Å²) in [4.78, 5) is -0.426. The van der Waals surface area contributed by atoms with E-state index in [9.17, 15) is 0 Å². The van der Waals surface area contributed by atoms with Gasteiger partial charge in [0, 0.05) is 30.2 Å². The van der Waals surface area contributed by atoms with Crippen LogP contribution < -0.4 is 5.32 Å². The van der Waals surface area contributed by atoms with Crippen LogP contribution in [0.2, 0.25) is 0 Å². The molecule has 1 atom stereocenters. The van der Waals surface area contributed by atoms with Crippen molar-refractivity contribution in [2.24, 2.45) is 9.81 Å². The maximum absolute atomic E-state index is 5.38. The molecule has 1 aliphatic heterocycles. The predicted octanol–water partition coefficient (Wildman–Crippen LogP) is 3.03. The second-order valence-corrected chi connectivity index (χ2v) is 6.18. The molecule has 1 aliphatic rings. The van der Waals surface area contributed by atoms with Gasteiger partial charge in [-0.1, -0.05) is 13.5 Å². The maximum atomic E-state index is 5.38. The summed E-state index contributed by atoms with van der Waals surface area (Å²) < 4.78 is 10.0. The fourth-order valence-corrected chi connectivity index (χ4v) is 2.46. The zero-order valence-corrected chi connectivity index (χ0v) is 12.2. The van der Waals surface area contributed by atoms with E-state index in [0.717, 1.165) is 25.9 Å². The number of ether oxygens (including phenoxy) is 1. The molecular weight excluding hydrogens is 232 g/mol. The molecule has 98 valence electrons. The quantitative estimate of drug-likeness (QED) is 0.355. The van der Waals surface area contributed by atoms with Gasteiger partial charge in [0.15, 0.2) is 0 Å². The Morgan fingerprint density at radius 3 is 2.59 bits per heavy atom. The van der Waals surface area contributed by atoms with Gasteiger partial charge in [0.2, 0.25) is 0 Å². The van der Waals surface area contributed by atoms with E-state index in [-0.39, 0.29) is 5.41 Å². The zero-order chi connectivity index (χ0) is 12.9. The fraction of sp³-hybridized carbons (Fsp3) is 0.769. The van der Waals surface area contributed by atoms with Crippen molar-refractivity contribution in [2.75, 3.05) is 20.2 Å². The third-order valence-corrected chi connectivity index (χ3v) is 4.78. The number of piperidine rings is 1. The molecule has 0 radical (unpaired) electrons. The first-order chi connectivity index (χ1) is 7.96. The van der Waals surface area contributed by atoms with Gasteiger partial charge in [0.1, 0.15) is 4.93 Å². The SMILES string of the molecule is C=CC(C)(OC)SN=C(C)C1(C)CCNCC1. The van der Waals surface area contributed by atoms with Gasteiger partial charge >= 0.3 is 0 Å². The van der Waals surface area contributed by atoms with Gasteiger partial charge in [0.05, 0.1) is 0 Å². The topological polar surface area (TPSA) is 33.6 Å². The first-order valence-corrected chi connectivity index (χ1v) is 6.86. The van der Waals surface area contributed by atoms with E-state index in [2.05, 4.69) is 30.1 Å². The van der Waals surface area contributed by atoms with E-state index in [4.69, 9.17) is 4.74 Å². The minimum Gasteiger partial charge on any atom is -0.362 e. The smallest absolute Gasteiger partial charge is 0.149 e. The highest BCUT2D eigenvalue weighted by molar-refractivity contribution is 7.99. The first-order valence-electron chi connectivity index (χ1n) is 6.08. The van der Waals surface area contributed by atoms with Gasteiger partial charge in [-0.3, -0.25) is 0 Å². The van der Waals surface area contributed by atoms with Gasteiger partial charge in [-0.05, 0) is 45.9 Å². The Labute approximate surface area is 109 Å². The largest absolute Gasteiger partial charge is 0.362 e. The van der Waals surface area contributed by atoms with E-state index in [1.54, 1.807) is 13.2 Å². The molecule has 0 spiro atoms. The number of rotatable bonds is 5. The van der Waals surface area contributed by atoms with Crippen molar-refractivity contribution in [1.82, 2.24) is 5.32 Å². The summed E-state index contributed by atoms with van der Waals surface area (Å²) in [5.41, 5.74) is 1.43. The Morgan fingerprint density at radius 2 is 2.12 bits per heavy atom. The summed E-state index contributed by atoms with van der Waals surface area (Å²) in [6, 6.07) is 0. The predicted molar refractivity (Wildman–Crippen MR) is 76.5 cm³/mol. The standard InChI is InChI=1S/C13H24N2OS/c1-6-13(4,16-5)17-15-11(2)12(3)7-9-14-10-8-12/h6,14H,1,7-10H2,2-5H3. The maximum Gasteiger partial charge on any atom is 0.149 e. The summed E-state index contributed by atoms with van der Waals surface area (Å²) in [6.45, 7) is 12.3. The van der Waals surface area contributed by atoms with Crippen LogP contribution in [0.5, 0.6) is 0 Å². The molecule has 0 aromatic heterocycles. The van der Waals surface area contributed by atoms with E-state index in [0.29, 0.717) is 0 Å². The third kappa shape index (κ3) is 3.83. The van der Waals surface area contributed by atoms with E-state index in [1.165, 1.54) is 17.7 Å². The Balaban J connectivity index is 2.68. The Bertz CT molecular complexity index is 298. The molecule has 0 amide bonds. The summed E-state index contributed by atoms with van der Waals surface area (Å²) in [5.74, 6) is 0. The zero-order valence-electron chi connectivity index (χ0n) is 11.4. The van der Waals surface area contributed by atoms with Crippen molar-refractivity contribution in [3.05, 3.63) is 12.7 Å². The van der Waals surface area contributed by atoms with Gasteiger partial charge < -0.3 is 10.1 Å². The summed E-state index contributed by atoms with van der Waals surface area (Å²) in [6.07, 6.45) is 4.10. The summed E-state index contributed by atoms with van der Waals surface area (Å²) >= 11 is 1.45. The molecule has 1 saturated heterocycles. The van der Waals surface area contributed by atoms with Crippen molar-refractivity contribution >= 4 is 17.7 Å². The van der Waals surface area contributed by atoms with E-state index in [1.807, 2.05) is 6.92 Å². The first kappa shape index (κ1) is 14.7. The van der Waals surface area contributed by atoms with Crippen LogP contribution >= 0.6 is 11.9 Å². The highest BCUT2D eigenvalue weighted by atomic mass is 32.2. The number of hydrogen-bond donors (Lipinski definition) is 1. The van der Waals surface area contributed by atoms with Crippen LogP contribution in [-0.2, 0) is 4.74 Å². The van der Waals surface area contributed by atoms with Crippen LogP contribution in [0.25, 0.3) is 0 Å². The molecule has 1 unspecified atom stereocenters. The van der Waals surface area contributed by atoms with Crippen LogP contribution in [0.15, 0.2) is 17.1 Å².